The number of aromatic nitrogens is 1. The second-order valence-corrected chi connectivity index (χ2v) is 12.7. The first kappa shape index (κ1) is 26.7. The molecule has 1 N–H and O–H groups in total. The van der Waals surface area contributed by atoms with Gasteiger partial charge in [0.1, 0.15) is 11.6 Å². The average Bonchev–Trinajstić information content (AvgIpc) is 3.58. The number of carbonyl (C=O) groups is 3. The van der Waals surface area contributed by atoms with Crippen molar-refractivity contribution in [1.29, 1.82) is 0 Å². The van der Waals surface area contributed by atoms with E-state index in [2.05, 4.69) is 11.1 Å². The van der Waals surface area contributed by atoms with Crippen molar-refractivity contribution in [2.75, 3.05) is 33.0 Å². The van der Waals surface area contributed by atoms with E-state index in [1.54, 1.807) is 14.7 Å². The van der Waals surface area contributed by atoms with Crippen LogP contribution in [0.5, 0.6) is 11.5 Å². The van der Waals surface area contributed by atoms with Gasteiger partial charge >= 0.3 is 6.09 Å². The lowest BCUT2D eigenvalue weighted by atomic mass is 9.85. The Morgan fingerprint density at radius 3 is 2.60 bits per heavy atom. The number of rotatable bonds is 3. The molecule has 10 heteroatoms. The van der Waals surface area contributed by atoms with Gasteiger partial charge in [-0.1, -0.05) is 24.3 Å². The second-order valence-electron chi connectivity index (χ2n) is 12.7. The van der Waals surface area contributed by atoms with Crippen molar-refractivity contribution in [2.24, 2.45) is 5.92 Å². The maximum absolute atomic E-state index is 14.1. The summed E-state index contributed by atoms with van der Waals surface area (Å²) in [5, 5.41) is 1.07. The lowest BCUT2D eigenvalue weighted by molar-refractivity contribution is -0.159. The summed E-state index contributed by atoms with van der Waals surface area (Å²) >= 11 is 0. The highest BCUT2D eigenvalue weighted by Gasteiger charge is 2.48. The maximum atomic E-state index is 14.1. The van der Waals surface area contributed by atoms with Gasteiger partial charge in [0, 0.05) is 42.7 Å². The van der Waals surface area contributed by atoms with Crippen LogP contribution >= 0.6 is 0 Å². The molecule has 0 aliphatic carbocycles. The Morgan fingerprint density at radius 1 is 1.05 bits per heavy atom. The first-order valence-electron chi connectivity index (χ1n) is 14.7. The second kappa shape index (κ2) is 9.96. The Balaban J connectivity index is 1.15. The van der Waals surface area contributed by atoms with Gasteiger partial charge in [-0.05, 0) is 68.9 Å². The smallest absolute Gasteiger partial charge is 0.410 e. The number of carbonyl (C=O) groups excluding carboxylic acids is 3. The molecular formula is C32H36N4O6. The molecule has 3 aromatic rings. The van der Waals surface area contributed by atoms with E-state index in [1.807, 2.05) is 57.2 Å². The normalized spacial score (nSPS) is 22.4. The van der Waals surface area contributed by atoms with Crippen molar-refractivity contribution < 1.29 is 28.6 Å². The summed E-state index contributed by atoms with van der Waals surface area (Å²) < 4.78 is 16.7. The van der Waals surface area contributed by atoms with Crippen LogP contribution in [-0.2, 0) is 20.7 Å². The van der Waals surface area contributed by atoms with Crippen LogP contribution in [0.3, 0.4) is 0 Å². The number of piperidine rings is 1. The molecule has 3 amide bonds. The van der Waals surface area contributed by atoms with Gasteiger partial charge < -0.3 is 33.9 Å². The van der Waals surface area contributed by atoms with Gasteiger partial charge in [0.2, 0.25) is 18.6 Å². The lowest BCUT2D eigenvalue weighted by Gasteiger charge is -2.48. The number of para-hydroxylation sites is 1. The quantitative estimate of drug-likeness (QED) is 0.504. The maximum Gasteiger partial charge on any atom is 0.410 e. The van der Waals surface area contributed by atoms with Gasteiger partial charge in [-0.3, -0.25) is 9.59 Å². The Morgan fingerprint density at radius 2 is 1.81 bits per heavy atom. The fourth-order valence-electron chi connectivity index (χ4n) is 6.84. The summed E-state index contributed by atoms with van der Waals surface area (Å²) in [4.78, 5) is 49.4. The van der Waals surface area contributed by atoms with Gasteiger partial charge in [0.25, 0.3) is 0 Å². The number of aromatic amines is 1. The minimum Gasteiger partial charge on any atom is -0.454 e. The number of fused-ring (bicyclic) bond motifs is 5. The molecule has 220 valence electrons. The zero-order valence-electron chi connectivity index (χ0n) is 24.2. The molecule has 2 aromatic carbocycles. The highest BCUT2D eigenvalue weighted by molar-refractivity contribution is 5.97. The Kier molecular flexibility index (Phi) is 6.32. The van der Waals surface area contributed by atoms with Gasteiger partial charge in [-0.15, -0.1) is 0 Å². The largest absolute Gasteiger partial charge is 0.454 e. The molecule has 0 spiro atoms. The minimum absolute atomic E-state index is 0.0224. The molecule has 4 aliphatic heterocycles. The van der Waals surface area contributed by atoms with E-state index >= 15 is 0 Å². The van der Waals surface area contributed by atoms with E-state index in [0.29, 0.717) is 37.6 Å². The standard InChI is InChI=1S/C32H36N4O6/c1-32(2,3)42-31(39)34-12-10-19(11-13-34)16-35-17-27(37)36-24(30(35)38)15-22-21-6-4-5-7-23(21)33-28(22)29(36)20-8-9-25-26(14-20)41-18-40-25/h4-9,14,19,24,29,33H,10-13,15-18H2,1-3H3/t24-,29-/m1/s1. The monoisotopic (exact) mass is 572 g/mol. The van der Waals surface area contributed by atoms with Gasteiger partial charge in [-0.25, -0.2) is 4.79 Å². The van der Waals surface area contributed by atoms with Crippen LogP contribution in [0.4, 0.5) is 4.79 Å². The molecule has 0 bridgehead atoms. The third kappa shape index (κ3) is 4.62. The Hall–Kier alpha value is -4.21. The summed E-state index contributed by atoms with van der Waals surface area (Å²) in [5.41, 5.74) is 3.34. The zero-order valence-corrected chi connectivity index (χ0v) is 24.2. The predicted octanol–water partition coefficient (Wildman–Crippen LogP) is 4.23. The lowest BCUT2D eigenvalue weighted by Crippen LogP contribution is -2.63. The molecule has 42 heavy (non-hydrogen) atoms. The number of nitrogens with one attached hydrogen (secondary N) is 1. The highest BCUT2D eigenvalue weighted by atomic mass is 16.7. The van der Waals surface area contributed by atoms with Crippen molar-refractivity contribution in [3.05, 3.63) is 59.3 Å². The highest BCUT2D eigenvalue weighted by Crippen LogP contribution is 2.45. The van der Waals surface area contributed by atoms with Gasteiger partial charge in [0.15, 0.2) is 11.5 Å². The molecular weight excluding hydrogens is 536 g/mol. The van der Waals surface area contributed by atoms with Crippen molar-refractivity contribution in [3.63, 3.8) is 0 Å². The van der Waals surface area contributed by atoms with E-state index in [0.717, 1.165) is 40.6 Å². The minimum atomic E-state index is -0.602. The first-order valence-corrected chi connectivity index (χ1v) is 14.7. The van der Waals surface area contributed by atoms with Crippen LogP contribution < -0.4 is 9.47 Å². The number of amides is 3. The number of hydrogen-bond acceptors (Lipinski definition) is 6. The van der Waals surface area contributed by atoms with Crippen LogP contribution in [0.25, 0.3) is 10.9 Å². The number of benzene rings is 2. The third-order valence-corrected chi connectivity index (χ3v) is 8.80. The predicted molar refractivity (Wildman–Crippen MR) is 154 cm³/mol. The topological polar surface area (TPSA) is 104 Å². The molecule has 2 saturated heterocycles. The molecule has 0 saturated carbocycles. The van der Waals surface area contributed by atoms with Gasteiger partial charge in [0.05, 0.1) is 12.6 Å². The molecule has 5 heterocycles. The van der Waals surface area contributed by atoms with Crippen LogP contribution in [-0.4, -0.2) is 82.2 Å². The number of piperazine rings is 1. The molecule has 7 rings (SSSR count). The summed E-state index contributed by atoms with van der Waals surface area (Å²) in [7, 11) is 0. The van der Waals surface area contributed by atoms with Gasteiger partial charge in [-0.2, -0.15) is 0 Å². The van der Waals surface area contributed by atoms with Crippen LogP contribution in [0.15, 0.2) is 42.5 Å². The Bertz CT molecular complexity index is 1570. The van der Waals surface area contributed by atoms with Crippen molar-refractivity contribution >= 4 is 28.8 Å². The molecule has 2 fully saturated rings. The summed E-state index contributed by atoms with van der Waals surface area (Å²) in [5.74, 6) is 1.43. The molecule has 2 atom stereocenters. The summed E-state index contributed by atoms with van der Waals surface area (Å²) in [6.45, 7) is 7.46. The molecule has 10 nitrogen and oxygen atoms in total. The fraction of sp³-hybridized carbons (Fsp3) is 0.469. The van der Waals surface area contributed by atoms with E-state index in [9.17, 15) is 14.4 Å². The van der Waals surface area contributed by atoms with Crippen LogP contribution in [0.1, 0.15) is 56.5 Å². The average molecular weight is 573 g/mol. The zero-order chi connectivity index (χ0) is 29.2. The van der Waals surface area contributed by atoms with E-state index in [1.165, 1.54) is 0 Å². The fourth-order valence-corrected chi connectivity index (χ4v) is 6.84. The molecule has 4 aliphatic rings. The first-order chi connectivity index (χ1) is 20.2. The number of ether oxygens (including phenoxy) is 3. The van der Waals surface area contributed by atoms with Crippen molar-refractivity contribution in [3.8, 4) is 11.5 Å². The molecule has 1 aromatic heterocycles. The number of hydrogen-bond donors (Lipinski definition) is 1. The third-order valence-electron chi connectivity index (χ3n) is 8.80. The van der Waals surface area contributed by atoms with Crippen molar-refractivity contribution in [1.82, 2.24) is 19.7 Å². The SMILES string of the molecule is CC(C)(C)OC(=O)N1CCC(CN2CC(=O)N3[C@H](c4ccc5c(c4)OCO5)c4[nH]c5ccccc5c4C[C@@H]3C2=O)CC1. The Labute approximate surface area is 244 Å². The van der Waals surface area contributed by atoms with E-state index < -0.39 is 17.7 Å². The summed E-state index contributed by atoms with van der Waals surface area (Å²) in [6, 6.07) is 12.8. The summed E-state index contributed by atoms with van der Waals surface area (Å²) in [6.07, 6.45) is 1.68. The van der Waals surface area contributed by atoms with Crippen LogP contribution in [0, 0.1) is 5.92 Å². The molecule has 0 radical (unpaired) electrons. The number of nitrogens with zero attached hydrogens (tertiary/aromatic N) is 3. The van der Waals surface area contributed by atoms with Crippen LogP contribution in [0.2, 0.25) is 0 Å². The number of likely N-dealkylation sites (tertiary alicyclic amines) is 1. The van der Waals surface area contributed by atoms with E-state index in [4.69, 9.17) is 14.2 Å². The van der Waals surface area contributed by atoms with Crippen molar-refractivity contribution in [2.45, 2.75) is 57.7 Å². The van der Waals surface area contributed by atoms with E-state index in [-0.39, 0.29) is 37.2 Å². The number of H-pyrrole nitrogens is 1. The molecule has 0 unspecified atom stereocenters.